The van der Waals surface area contributed by atoms with Gasteiger partial charge in [-0.05, 0) is 60.2 Å². The molecule has 0 aliphatic heterocycles. The molecule has 0 saturated heterocycles. The second-order valence-electron chi connectivity index (χ2n) is 6.95. The number of anilines is 1. The van der Waals surface area contributed by atoms with Crippen LogP contribution in [0.15, 0.2) is 76.4 Å². The van der Waals surface area contributed by atoms with Crippen LogP contribution in [0.3, 0.4) is 0 Å². The van der Waals surface area contributed by atoms with Crippen LogP contribution < -0.4 is 20.8 Å². The van der Waals surface area contributed by atoms with E-state index in [0.717, 1.165) is 12.1 Å². The van der Waals surface area contributed by atoms with Gasteiger partial charge in [0.05, 0.1) is 24.6 Å². The average molecular weight is 488 g/mol. The lowest BCUT2D eigenvalue weighted by Crippen LogP contribution is -2.32. The highest BCUT2D eigenvalue weighted by Crippen LogP contribution is 2.30. The third-order valence-electron chi connectivity index (χ3n) is 4.32. The van der Waals surface area contributed by atoms with E-state index in [2.05, 4.69) is 15.7 Å². The molecule has 0 aliphatic rings. The zero-order chi connectivity index (χ0) is 25.3. The van der Waals surface area contributed by atoms with Crippen molar-refractivity contribution < 1.29 is 36.7 Å². The Morgan fingerprint density at radius 3 is 2.46 bits per heavy atom. The van der Waals surface area contributed by atoms with E-state index in [4.69, 9.17) is 9.15 Å². The molecule has 3 N–H and O–H groups in total. The highest BCUT2D eigenvalue weighted by molar-refractivity contribution is 6.39. The number of halogens is 3. The van der Waals surface area contributed by atoms with E-state index in [-0.39, 0.29) is 24.7 Å². The molecule has 0 fully saturated rings. The maximum atomic E-state index is 12.7. The highest BCUT2D eigenvalue weighted by atomic mass is 19.4. The second kappa shape index (κ2) is 11.5. The molecule has 0 unspecified atom stereocenters. The van der Waals surface area contributed by atoms with Gasteiger partial charge in [0.2, 0.25) is 0 Å². The van der Waals surface area contributed by atoms with Crippen LogP contribution in [0.2, 0.25) is 0 Å². The van der Waals surface area contributed by atoms with Crippen molar-refractivity contribution in [2.75, 3.05) is 11.9 Å². The lowest BCUT2D eigenvalue weighted by Gasteiger charge is -2.09. The van der Waals surface area contributed by atoms with E-state index >= 15 is 0 Å². The molecule has 1 aromatic heterocycles. The minimum atomic E-state index is -4.58. The van der Waals surface area contributed by atoms with Gasteiger partial charge in [-0.2, -0.15) is 18.3 Å². The molecule has 182 valence electrons. The van der Waals surface area contributed by atoms with Crippen molar-refractivity contribution in [2.24, 2.45) is 5.10 Å². The Hall–Kier alpha value is -4.61. The zero-order valence-corrected chi connectivity index (χ0v) is 18.0. The standard InChI is InChI=1S/C23H19F3N4O5/c24-23(25,26)16-3-1-4-17(11-16)29-21(32)22(33)30-28-12-15-6-8-18(9-7-15)35-14-20(31)27-13-19-5-2-10-34-19/h1-12H,13-14H2,(H,27,31)(H,29,32)(H,30,33)/b28-12-. The van der Waals surface area contributed by atoms with Gasteiger partial charge in [0.15, 0.2) is 6.61 Å². The van der Waals surface area contributed by atoms with Gasteiger partial charge >= 0.3 is 18.0 Å². The summed E-state index contributed by atoms with van der Waals surface area (Å²) in [6, 6.07) is 13.6. The lowest BCUT2D eigenvalue weighted by molar-refractivity contribution is -0.137. The minimum Gasteiger partial charge on any atom is -0.484 e. The number of amides is 3. The van der Waals surface area contributed by atoms with Gasteiger partial charge in [-0.15, -0.1) is 0 Å². The molecule has 3 amide bonds. The van der Waals surface area contributed by atoms with Gasteiger partial charge in [0.25, 0.3) is 5.91 Å². The van der Waals surface area contributed by atoms with E-state index in [0.29, 0.717) is 23.1 Å². The van der Waals surface area contributed by atoms with Crippen molar-refractivity contribution >= 4 is 29.6 Å². The molecule has 1 heterocycles. The maximum Gasteiger partial charge on any atom is 0.416 e. The molecule has 0 saturated carbocycles. The fourth-order valence-electron chi connectivity index (χ4n) is 2.63. The highest BCUT2D eigenvalue weighted by Gasteiger charge is 2.30. The van der Waals surface area contributed by atoms with Crippen molar-refractivity contribution in [2.45, 2.75) is 12.7 Å². The smallest absolute Gasteiger partial charge is 0.416 e. The van der Waals surface area contributed by atoms with Crippen molar-refractivity contribution in [1.29, 1.82) is 0 Å². The zero-order valence-electron chi connectivity index (χ0n) is 18.0. The first-order valence-corrected chi connectivity index (χ1v) is 10.0. The van der Waals surface area contributed by atoms with Crippen molar-refractivity contribution in [3.8, 4) is 5.75 Å². The summed E-state index contributed by atoms with van der Waals surface area (Å²) in [6.07, 6.45) is -1.83. The number of rotatable bonds is 8. The quantitative estimate of drug-likeness (QED) is 0.256. The van der Waals surface area contributed by atoms with E-state index in [1.54, 1.807) is 36.4 Å². The monoisotopic (exact) mass is 488 g/mol. The van der Waals surface area contributed by atoms with E-state index in [9.17, 15) is 27.6 Å². The Labute approximate surface area is 197 Å². The number of nitrogens with zero attached hydrogens (tertiary/aromatic N) is 1. The van der Waals surface area contributed by atoms with Gasteiger partial charge in [0.1, 0.15) is 11.5 Å². The normalized spacial score (nSPS) is 11.2. The van der Waals surface area contributed by atoms with Crippen LogP contribution >= 0.6 is 0 Å². The number of furan rings is 1. The summed E-state index contributed by atoms with van der Waals surface area (Å²) in [5.41, 5.74) is 1.37. The Morgan fingerprint density at radius 2 is 1.77 bits per heavy atom. The summed E-state index contributed by atoms with van der Waals surface area (Å²) in [7, 11) is 0. The Balaban J connectivity index is 1.42. The van der Waals surface area contributed by atoms with Crippen LogP contribution in [0.5, 0.6) is 5.75 Å². The number of ether oxygens (including phenoxy) is 1. The number of alkyl halides is 3. The topological polar surface area (TPSA) is 122 Å². The number of hydrazone groups is 1. The molecule has 12 heteroatoms. The number of hydrogen-bond acceptors (Lipinski definition) is 6. The summed E-state index contributed by atoms with van der Waals surface area (Å²) >= 11 is 0. The molecule has 0 radical (unpaired) electrons. The molecule has 35 heavy (non-hydrogen) atoms. The number of nitrogens with one attached hydrogen (secondary N) is 3. The Kier molecular flexibility index (Phi) is 8.22. The summed E-state index contributed by atoms with van der Waals surface area (Å²) in [6.45, 7) is 0.0411. The van der Waals surface area contributed by atoms with Gasteiger partial charge < -0.3 is 19.8 Å². The second-order valence-corrected chi connectivity index (χ2v) is 6.95. The SMILES string of the molecule is O=C(COc1ccc(/C=N\NC(=O)C(=O)Nc2cccc(C(F)(F)F)c2)cc1)NCc1ccco1. The van der Waals surface area contributed by atoms with E-state index in [1.165, 1.54) is 18.5 Å². The van der Waals surface area contributed by atoms with Crippen LogP contribution in [0.4, 0.5) is 18.9 Å². The van der Waals surface area contributed by atoms with Gasteiger partial charge in [-0.3, -0.25) is 14.4 Å². The van der Waals surface area contributed by atoms with E-state index in [1.807, 2.05) is 5.43 Å². The summed E-state index contributed by atoms with van der Waals surface area (Å²) < 4.78 is 48.7. The maximum absolute atomic E-state index is 12.7. The summed E-state index contributed by atoms with van der Waals surface area (Å²) in [5.74, 6) is -1.66. The van der Waals surface area contributed by atoms with Crippen LogP contribution in [0, 0.1) is 0 Å². The summed E-state index contributed by atoms with van der Waals surface area (Å²) in [4.78, 5) is 35.5. The first-order valence-electron chi connectivity index (χ1n) is 10.0. The lowest BCUT2D eigenvalue weighted by atomic mass is 10.2. The Bertz CT molecular complexity index is 1190. The molecule has 3 rings (SSSR count). The molecule has 2 aromatic carbocycles. The molecule has 0 spiro atoms. The number of carbonyl (C=O) groups excluding carboxylic acids is 3. The van der Waals surface area contributed by atoms with Gasteiger partial charge in [-0.25, -0.2) is 5.43 Å². The number of carbonyl (C=O) groups is 3. The Morgan fingerprint density at radius 1 is 1.00 bits per heavy atom. The molecular weight excluding hydrogens is 469 g/mol. The third-order valence-corrected chi connectivity index (χ3v) is 4.32. The van der Waals surface area contributed by atoms with Crippen molar-refractivity contribution in [3.63, 3.8) is 0 Å². The average Bonchev–Trinajstić information content (AvgIpc) is 3.35. The van der Waals surface area contributed by atoms with Crippen molar-refractivity contribution in [3.05, 3.63) is 83.8 Å². The minimum absolute atomic E-state index is 0.186. The van der Waals surface area contributed by atoms with Crippen molar-refractivity contribution in [1.82, 2.24) is 10.7 Å². The molecule has 0 atom stereocenters. The molecule has 0 aliphatic carbocycles. The third kappa shape index (κ3) is 8.03. The van der Waals surface area contributed by atoms with Crippen LogP contribution in [-0.4, -0.2) is 30.5 Å². The number of benzene rings is 2. The van der Waals surface area contributed by atoms with Crippen LogP contribution in [-0.2, 0) is 27.1 Å². The fraction of sp³-hybridized carbons (Fsp3) is 0.130. The van der Waals surface area contributed by atoms with E-state index < -0.39 is 23.6 Å². The number of hydrogen-bond donors (Lipinski definition) is 3. The summed E-state index contributed by atoms with van der Waals surface area (Å²) in [5, 5.41) is 8.34. The van der Waals surface area contributed by atoms with Crippen LogP contribution in [0.1, 0.15) is 16.9 Å². The van der Waals surface area contributed by atoms with Gasteiger partial charge in [0, 0.05) is 5.69 Å². The molecule has 0 bridgehead atoms. The van der Waals surface area contributed by atoms with Gasteiger partial charge in [-0.1, -0.05) is 6.07 Å². The first kappa shape index (κ1) is 25.0. The molecule has 3 aromatic rings. The molecule has 9 nitrogen and oxygen atoms in total. The molecular formula is C23H19F3N4O5. The van der Waals surface area contributed by atoms with Crippen LogP contribution in [0.25, 0.3) is 0 Å². The predicted octanol–water partition coefficient (Wildman–Crippen LogP) is 3.08. The predicted molar refractivity (Wildman–Crippen MR) is 118 cm³/mol. The largest absolute Gasteiger partial charge is 0.484 e. The fourth-order valence-corrected chi connectivity index (χ4v) is 2.63. The first-order chi connectivity index (χ1) is 16.7.